The van der Waals surface area contributed by atoms with Crippen LogP contribution in [0.25, 0.3) is 28.4 Å². The first-order valence-electron chi connectivity index (χ1n) is 10.2. The minimum absolute atomic E-state index is 0.189. The number of pyridine rings is 1. The third kappa shape index (κ3) is 4.68. The lowest BCUT2D eigenvalue weighted by Gasteiger charge is -2.09. The number of fused-ring (bicyclic) bond motifs is 1. The Labute approximate surface area is 204 Å². The lowest BCUT2D eigenvalue weighted by atomic mass is 10.1. The Hall–Kier alpha value is -4.01. The predicted molar refractivity (Wildman–Crippen MR) is 130 cm³/mol. The minimum Gasteiger partial charge on any atom is -0.482 e. The summed E-state index contributed by atoms with van der Waals surface area (Å²) in [6.07, 6.45) is 1.70. The van der Waals surface area contributed by atoms with Gasteiger partial charge in [0.05, 0.1) is 10.7 Å². The molecule has 3 aromatic heterocycles. The second-order valence-electron chi connectivity index (χ2n) is 7.22. The van der Waals surface area contributed by atoms with Crippen LogP contribution in [0.1, 0.15) is 0 Å². The Balaban J connectivity index is 1.28. The zero-order valence-corrected chi connectivity index (χ0v) is 19.0. The van der Waals surface area contributed by atoms with Crippen LogP contribution >= 0.6 is 23.2 Å². The molecule has 0 spiro atoms. The van der Waals surface area contributed by atoms with Crippen LogP contribution in [-0.4, -0.2) is 37.3 Å². The summed E-state index contributed by atoms with van der Waals surface area (Å²) in [5.41, 5.74) is 3.51. The van der Waals surface area contributed by atoms with Crippen LogP contribution in [0.5, 0.6) is 5.75 Å². The van der Waals surface area contributed by atoms with Crippen LogP contribution in [0.2, 0.25) is 10.0 Å². The highest BCUT2D eigenvalue weighted by molar-refractivity contribution is 6.35. The Morgan fingerprint density at radius 3 is 2.56 bits per heavy atom. The van der Waals surface area contributed by atoms with E-state index < -0.39 is 0 Å². The van der Waals surface area contributed by atoms with Gasteiger partial charge in [-0.3, -0.25) is 9.78 Å². The molecule has 1 N–H and O–H groups in total. The van der Waals surface area contributed by atoms with Crippen molar-refractivity contribution in [3.63, 3.8) is 0 Å². The molecule has 34 heavy (non-hydrogen) atoms. The van der Waals surface area contributed by atoms with Gasteiger partial charge in [-0.05, 0) is 54.6 Å². The maximum atomic E-state index is 12.3. The van der Waals surface area contributed by atoms with Crippen molar-refractivity contribution in [2.75, 3.05) is 11.9 Å². The maximum Gasteiger partial charge on any atom is 0.262 e. The Morgan fingerprint density at radius 2 is 1.79 bits per heavy atom. The summed E-state index contributed by atoms with van der Waals surface area (Å²) in [7, 11) is 0. The van der Waals surface area contributed by atoms with Crippen molar-refractivity contribution < 1.29 is 9.53 Å². The number of rotatable bonds is 6. The number of halogens is 2. The number of ether oxygens (including phenoxy) is 1. The van der Waals surface area contributed by atoms with E-state index in [-0.39, 0.29) is 12.5 Å². The van der Waals surface area contributed by atoms with Crippen LogP contribution in [0.3, 0.4) is 0 Å². The molecule has 0 aliphatic heterocycles. The van der Waals surface area contributed by atoms with E-state index in [2.05, 4.69) is 25.6 Å². The highest BCUT2D eigenvalue weighted by Gasteiger charge is 2.12. The summed E-state index contributed by atoms with van der Waals surface area (Å²) in [4.78, 5) is 16.6. The third-order valence-corrected chi connectivity index (χ3v) is 5.40. The van der Waals surface area contributed by atoms with Gasteiger partial charge in [0.15, 0.2) is 12.3 Å². The van der Waals surface area contributed by atoms with Crippen LogP contribution in [0.15, 0.2) is 79.0 Å². The van der Waals surface area contributed by atoms with Gasteiger partial charge >= 0.3 is 0 Å². The molecule has 168 valence electrons. The number of hydrogen-bond acceptors (Lipinski definition) is 6. The number of anilines is 1. The first kappa shape index (κ1) is 21.8. The number of amides is 1. The standard InChI is InChI=1S/C24H16Cl2N6O2/c25-16-6-10-21(18(26)13-16)34-14-23(33)28-17-7-4-15(5-8-17)19-9-11-22-29-30-24(32(22)31-19)20-3-1-2-12-27-20/h1-13H,14H2,(H,28,33). The molecule has 0 saturated heterocycles. The van der Waals surface area contributed by atoms with E-state index in [0.29, 0.717) is 38.6 Å². The summed E-state index contributed by atoms with van der Waals surface area (Å²) < 4.78 is 7.13. The molecule has 0 bridgehead atoms. The SMILES string of the molecule is O=C(COc1ccc(Cl)cc1Cl)Nc1ccc(-c2ccc3nnc(-c4ccccn4)n3n2)cc1. The zero-order valence-electron chi connectivity index (χ0n) is 17.5. The normalized spacial score (nSPS) is 10.9. The van der Waals surface area contributed by atoms with E-state index in [4.69, 9.17) is 27.9 Å². The topological polar surface area (TPSA) is 94.3 Å². The van der Waals surface area contributed by atoms with E-state index in [0.717, 1.165) is 11.3 Å². The summed E-state index contributed by atoms with van der Waals surface area (Å²) >= 11 is 11.9. The quantitative estimate of drug-likeness (QED) is 0.352. The second-order valence-corrected chi connectivity index (χ2v) is 8.06. The Morgan fingerprint density at radius 1 is 0.941 bits per heavy atom. The number of benzene rings is 2. The van der Waals surface area contributed by atoms with Crippen molar-refractivity contribution in [3.8, 4) is 28.5 Å². The summed E-state index contributed by atoms with van der Waals surface area (Å²) in [6, 6.07) is 21.4. The molecular formula is C24H16Cl2N6O2. The van der Waals surface area contributed by atoms with Gasteiger partial charge in [-0.25, -0.2) is 0 Å². The van der Waals surface area contributed by atoms with Gasteiger partial charge < -0.3 is 10.1 Å². The molecule has 0 saturated carbocycles. The fourth-order valence-corrected chi connectivity index (χ4v) is 3.72. The predicted octanol–water partition coefficient (Wildman–Crippen LogP) is 5.18. The molecular weight excluding hydrogens is 475 g/mol. The van der Waals surface area contributed by atoms with Gasteiger partial charge in [-0.15, -0.1) is 10.2 Å². The van der Waals surface area contributed by atoms with Gasteiger partial charge in [-0.1, -0.05) is 41.4 Å². The molecule has 0 aliphatic carbocycles. The van der Waals surface area contributed by atoms with Gasteiger partial charge in [0.2, 0.25) is 5.82 Å². The number of carbonyl (C=O) groups is 1. The van der Waals surface area contributed by atoms with Crippen molar-refractivity contribution in [1.29, 1.82) is 0 Å². The average molecular weight is 491 g/mol. The molecule has 10 heteroatoms. The molecule has 8 nitrogen and oxygen atoms in total. The summed E-state index contributed by atoms with van der Waals surface area (Å²) in [6.45, 7) is -0.189. The molecule has 1 amide bonds. The summed E-state index contributed by atoms with van der Waals surface area (Å²) in [5, 5.41) is 16.7. The third-order valence-electron chi connectivity index (χ3n) is 4.87. The zero-order chi connectivity index (χ0) is 23.5. The van der Waals surface area contributed by atoms with Gasteiger partial charge in [0.1, 0.15) is 11.4 Å². The van der Waals surface area contributed by atoms with Crippen molar-refractivity contribution in [2.45, 2.75) is 0 Å². The molecule has 3 heterocycles. The second kappa shape index (κ2) is 9.46. The van der Waals surface area contributed by atoms with E-state index in [1.807, 2.05) is 42.5 Å². The van der Waals surface area contributed by atoms with E-state index in [9.17, 15) is 4.79 Å². The van der Waals surface area contributed by atoms with E-state index >= 15 is 0 Å². The van der Waals surface area contributed by atoms with Crippen LogP contribution in [0, 0.1) is 0 Å². The summed E-state index contributed by atoms with van der Waals surface area (Å²) in [5.74, 6) is 0.627. The largest absolute Gasteiger partial charge is 0.482 e. The lowest BCUT2D eigenvalue weighted by molar-refractivity contribution is -0.118. The molecule has 0 unspecified atom stereocenters. The average Bonchev–Trinajstić information content (AvgIpc) is 3.28. The monoisotopic (exact) mass is 490 g/mol. The molecule has 0 fully saturated rings. The lowest BCUT2D eigenvalue weighted by Crippen LogP contribution is -2.20. The van der Waals surface area contributed by atoms with Crippen LogP contribution in [0.4, 0.5) is 5.69 Å². The van der Waals surface area contributed by atoms with Gasteiger partial charge in [-0.2, -0.15) is 9.61 Å². The van der Waals surface area contributed by atoms with Gasteiger partial charge in [0.25, 0.3) is 5.91 Å². The first-order valence-corrected chi connectivity index (χ1v) is 10.9. The van der Waals surface area contributed by atoms with Crippen molar-refractivity contribution in [3.05, 3.63) is 89.0 Å². The molecule has 0 atom stereocenters. The fraction of sp³-hybridized carbons (Fsp3) is 0.0417. The Bertz CT molecular complexity index is 1470. The van der Waals surface area contributed by atoms with Crippen LogP contribution < -0.4 is 10.1 Å². The number of aromatic nitrogens is 5. The smallest absolute Gasteiger partial charge is 0.262 e. The van der Waals surface area contributed by atoms with Gasteiger partial charge in [0, 0.05) is 22.5 Å². The first-order chi connectivity index (χ1) is 16.6. The molecule has 5 rings (SSSR count). The van der Waals surface area contributed by atoms with Crippen molar-refractivity contribution >= 4 is 40.4 Å². The van der Waals surface area contributed by atoms with Crippen molar-refractivity contribution in [1.82, 2.24) is 24.8 Å². The maximum absolute atomic E-state index is 12.3. The number of hydrogen-bond donors (Lipinski definition) is 1. The van der Waals surface area contributed by atoms with Crippen molar-refractivity contribution in [2.24, 2.45) is 0 Å². The number of nitrogens with zero attached hydrogens (tertiary/aromatic N) is 5. The van der Waals surface area contributed by atoms with E-state index in [1.165, 1.54) is 0 Å². The molecule has 0 radical (unpaired) electrons. The highest BCUT2D eigenvalue weighted by atomic mass is 35.5. The molecule has 5 aromatic rings. The Kier molecular flexibility index (Phi) is 6.07. The number of nitrogens with one attached hydrogen (secondary N) is 1. The highest BCUT2D eigenvalue weighted by Crippen LogP contribution is 2.27. The fourth-order valence-electron chi connectivity index (χ4n) is 3.25. The molecule has 0 aliphatic rings. The van der Waals surface area contributed by atoms with E-state index in [1.54, 1.807) is 41.0 Å². The van der Waals surface area contributed by atoms with Crippen LogP contribution in [-0.2, 0) is 4.79 Å². The molecule has 2 aromatic carbocycles. The minimum atomic E-state index is -0.317. The number of carbonyl (C=O) groups excluding carboxylic acids is 1.